The van der Waals surface area contributed by atoms with Crippen molar-refractivity contribution in [2.45, 2.75) is 12.0 Å². The average molecular weight is 254 g/mol. The minimum atomic E-state index is -1.51. The molecule has 19 heavy (non-hydrogen) atoms. The molecule has 0 fully saturated rings. The summed E-state index contributed by atoms with van der Waals surface area (Å²) >= 11 is 0. The van der Waals surface area contributed by atoms with Gasteiger partial charge in [-0.3, -0.25) is 9.78 Å². The van der Waals surface area contributed by atoms with E-state index in [-0.39, 0.29) is 12.3 Å². The van der Waals surface area contributed by atoms with Crippen LogP contribution in [-0.4, -0.2) is 23.0 Å². The Morgan fingerprint density at radius 1 is 1.21 bits per heavy atom. The summed E-state index contributed by atoms with van der Waals surface area (Å²) in [7, 11) is 1.68. The van der Waals surface area contributed by atoms with Crippen molar-refractivity contribution < 1.29 is 9.90 Å². The first-order valence-corrected chi connectivity index (χ1v) is 6.13. The number of anilines is 1. The van der Waals surface area contributed by atoms with E-state index in [1.54, 1.807) is 19.3 Å². The number of fused-ring (bicyclic) bond motifs is 1. The van der Waals surface area contributed by atoms with Crippen LogP contribution in [0.4, 0.5) is 5.69 Å². The van der Waals surface area contributed by atoms with E-state index in [0.717, 1.165) is 5.69 Å². The van der Waals surface area contributed by atoms with Crippen LogP contribution in [0.15, 0.2) is 48.7 Å². The lowest BCUT2D eigenvalue weighted by atomic mass is 9.90. The second-order valence-corrected chi connectivity index (χ2v) is 4.74. The molecule has 0 aliphatic carbocycles. The Bertz CT molecular complexity index is 627. The highest BCUT2D eigenvalue weighted by Gasteiger charge is 2.48. The zero-order chi connectivity index (χ0) is 13.5. The summed E-state index contributed by atoms with van der Waals surface area (Å²) in [4.78, 5) is 18.0. The van der Waals surface area contributed by atoms with Crippen molar-refractivity contribution in [1.29, 1.82) is 0 Å². The highest BCUT2D eigenvalue weighted by molar-refractivity contribution is 6.06. The van der Waals surface area contributed by atoms with Gasteiger partial charge in [-0.15, -0.1) is 0 Å². The van der Waals surface area contributed by atoms with Crippen LogP contribution in [-0.2, 0) is 16.8 Å². The van der Waals surface area contributed by atoms with Crippen molar-refractivity contribution in [3.05, 3.63) is 59.9 Å². The van der Waals surface area contributed by atoms with Crippen LogP contribution in [0, 0.1) is 0 Å². The summed E-state index contributed by atoms with van der Waals surface area (Å²) in [6.07, 6.45) is 1.85. The van der Waals surface area contributed by atoms with E-state index in [0.29, 0.717) is 11.3 Å². The minimum absolute atomic E-state index is 0.189. The average Bonchev–Trinajstić information content (AvgIpc) is 2.63. The van der Waals surface area contributed by atoms with Crippen LogP contribution in [0.25, 0.3) is 0 Å². The fraction of sp³-hybridized carbons (Fsp3) is 0.200. The van der Waals surface area contributed by atoms with E-state index in [9.17, 15) is 9.90 Å². The van der Waals surface area contributed by atoms with E-state index in [2.05, 4.69) is 4.98 Å². The molecule has 0 unspecified atom stereocenters. The molecule has 1 aliphatic heterocycles. The molecule has 3 rings (SSSR count). The number of carbonyl (C=O) groups excluding carboxylic acids is 1. The SMILES string of the molecule is CN1C(=O)[C@@](O)(Cc2ccccn2)c2ccccc21. The van der Waals surface area contributed by atoms with Gasteiger partial charge in [0, 0.05) is 30.9 Å². The predicted octanol–water partition coefficient (Wildman–Crippen LogP) is 1.49. The van der Waals surface area contributed by atoms with Gasteiger partial charge in [-0.05, 0) is 18.2 Å². The van der Waals surface area contributed by atoms with E-state index < -0.39 is 5.60 Å². The Morgan fingerprint density at radius 3 is 2.68 bits per heavy atom. The molecule has 4 heteroatoms. The fourth-order valence-corrected chi connectivity index (χ4v) is 2.55. The van der Waals surface area contributed by atoms with Gasteiger partial charge in [-0.25, -0.2) is 0 Å². The third-order valence-corrected chi connectivity index (χ3v) is 3.53. The zero-order valence-corrected chi connectivity index (χ0v) is 10.6. The number of rotatable bonds is 2. The maximum atomic E-state index is 12.3. The van der Waals surface area contributed by atoms with Gasteiger partial charge >= 0.3 is 0 Å². The van der Waals surface area contributed by atoms with Crippen LogP contribution in [0.3, 0.4) is 0 Å². The Balaban J connectivity index is 2.06. The molecule has 96 valence electrons. The van der Waals surface area contributed by atoms with Crippen LogP contribution >= 0.6 is 0 Å². The molecule has 2 heterocycles. The smallest absolute Gasteiger partial charge is 0.263 e. The first kappa shape index (κ1) is 11.9. The maximum absolute atomic E-state index is 12.3. The maximum Gasteiger partial charge on any atom is 0.263 e. The molecule has 1 aromatic heterocycles. The van der Waals surface area contributed by atoms with Crippen LogP contribution < -0.4 is 4.90 Å². The molecule has 1 atom stereocenters. The molecule has 0 radical (unpaired) electrons. The Labute approximate surface area is 111 Å². The molecular formula is C15H14N2O2. The van der Waals surface area contributed by atoms with Gasteiger partial charge in [-0.2, -0.15) is 0 Å². The summed E-state index contributed by atoms with van der Waals surface area (Å²) in [6, 6.07) is 12.8. The van der Waals surface area contributed by atoms with Crippen molar-refractivity contribution in [3.8, 4) is 0 Å². The van der Waals surface area contributed by atoms with Crippen molar-refractivity contribution in [3.63, 3.8) is 0 Å². The van der Waals surface area contributed by atoms with Crippen molar-refractivity contribution in [2.24, 2.45) is 0 Å². The highest BCUT2D eigenvalue weighted by Crippen LogP contribution is 2.40. The third-order valence-electron chi connectivity index (χ3n) is 3.53. The summed E-state index contributed by atoms with van der Waals surface area (Å²) in [5.74, 6) is -0.306. The number of nitrogens with zero attached hydrogens (tertiary/aromatic N) is 2. The Kier molecular flexibility index (Phi) is 2.61. The first-order chi connectivity index (χ1) is 9.13. The fourth-order valence-electron chi connectivity index (χ4n) is 2.55. The molecule has 0 spiro atoms. The van der Waals surface area contributed by atoms with Crippen molar-refractivity contribution in [2.75, 3.05) is 11.9 Å². The van der Waals surface area contributed by atoms with E-state index >= 15 is 0 Å². The van der Waals surface area contributed by atoms with E-state index in [1.165, 1.54) is 4.90 Å². The largest absolute Gasteiger partial charge is 0.375 e. The number of benzene rings is 1. The lowest BCUT2D eigenvalue weighted by Crippen LogP contribution is -2.40. The number of hydrogen-bond donors (Lipinski definition) is 1. The summed E-state index contributed by atoms with van der Waals surface area (Å²) < 4.78 is 0. The Morgan fingerprint density at radius 2 is 1.95 bits per heavy atom. The molecule has 1 aromatic carbocycles. The standard InChI is InChI=1S/C15H14N2O2/c1-17-13-8-3-2-7-12(13)15(19,14(17)18)10-11-6-4-5-9-16-11/h2-9,19H,10H2,1H3/t15-/m1/s1. The molecule has 4 nitrogen and oxygen atoms in total. The van der Waals surface area contributed by atoms with Crippen molar-refractivity contribution in [1.82, 2.24) is 4.98 Å². The van der Waals surface area contributed by atoms with Crippen LogP contribution in [0.2, 0.25) is 0 Å². The topological polar surface area (TPSA) is 53.4 Å². The summed E-state index contributed by atoms with van der Waals surface area (Å²) in [5, 5.41) is 10.8. The molecule has 2 aromatic rings. The number of hydrogen-bond acceptors (Lipinski definition) is 3. The van der Waals surface area contributed by atoms with E-state index in [4.69, 9.17) is 0 Å². The van der Waals surface area contributed by atoms with Crippen LogP contribution in [0.5, 0.6) is 0 Å². The normalized spacial score (nSPS) is 21.6. The van der Waals surface area contributed by atoms with Crippen LogP contribution in [0.1, 0.15) is 11.3 Å². The number of amides is 1. The first-order valence-electron chi connectivity index (χ1n) is 6.13. The molecular weight excluding hydrogens is 240 g/mol. The second kappa shape index (κ2) is 4.17. The number of para-hydroxylation sites is 1. The molecule has 0 saturated heterocycles. The zero-order valence-electron chi connectivity index (χ0n) is 10.6. The number of carbonyl (C=O) groups is 1. The molecule has 1 amide bonds. The lowest BCUT2D eigenvalue weighted by molar-refractivity contribution is -0.135. The van der Waals surface area contributed by atoms with Gasteiger partial charge < -0.3 is 10.0 Å². The molecule has 0 bridgehead atoms. The summed E-state index contributed by atoms with van der Waals surface area (Å²) in [5.41, 5.74) is 0.585. The van der Waals surface area contributed by atoms with Gasteiger partial charge in [0.1, 0.15) is 0 Å². The minimum Gasteiger partial charge on any atom is -0.375 e. The predicted molar refractivity (Wildman–Crippen MR) is 71.7 cm³/mol. The number of aromatic nitrogens is 1. The van der Waals surface area contributed by atoms with Gasteiger partial charge in [0.2, 0.25) is 0 Å². The third kappa shape index (κ3) is 1.72. The highest BCUT2D eigenvalue weighted by atomic mass is 16.3. The summed E-state index contributed by atoms with van der Waals surface area (Å²) in [6.45, 7) is 0. The second-order valence-electron chi connectivity index (χ2n) is 4.74. The number of pyridine rings is 1. The van der Waals surface area contributed by atoms with Gasteiger partial charge in [0.25, 0.3) is 5.91 Å². The lowest BCUT2D eigenvalue weighted by Gasteiger charge is -2.21. The van der Waals surface area contributed by atoms with E-state index in [1.807, 2.05) is 36.4 Å². The number of likely N-dealkylation sites (N-methyl/N-ethyl adjacent to an activating group) is 1. The number of aliphatic hydroxyl groups is 1. The quantitative estimate of drug-likeness (QED) is 0.883. The Hall–Kier alpha value is -2.20. The molecule has 1 aliphatic rings. The molecule has 1 N–H and O–H groups in total. The van der Waals surface area contributed by atoms with Gasteiger partial charge in [-0.1, -0.05) is 24.3 Å². The van der Waals surface area contributed by atoms with Gasteiger partial charge in [0.05, 0.1) is 5.69 Å². The van der Waals surface area contributed by atoms with Crippen molar-refractivity contribution >= 4 is 11.6 Å². The monoisotopic (exact) mass is 254 g/mol. The van der Waals surface area contributed by atoms with Gasteiger partial charge in [0.15, 0.2) is 5.60 Å². The molecule has 0 saturated carbocycles.